The van der Waals surface area contributed by atoms with Gasteiger partial charge in [-0.1, -0.05) is 295 Å². The third kappa shape index (κ3) is 16.9. The number of benzene rings is 17. The summed E-state index contributed by atoms with van der Waals surface area (Å²) in [4.78, 5) is 30.4. The maximum Gasteiger partial charge on any atom is 0.416 e. The van der Waals surface area contributed by atoms with Gasteiger partial charge in [-0.25, -0.2) is 29.9 Å². The quantitative estimate of drug-likeness (QED) is 0.0951. The molecule has 0 atom stereocenters. The Kier molecular flexibility index (Phi) is 22.7. The summed E-state index contributed by atoms with van der Waals surface area (Å²) >= 11 is 0. The summed E-state index contributed by atoms with van der Waals surface area (Å²) in [7, 11) is 0. The van der Waals surface area contributed by atoms with Gasteiger partial charge >= 0.3 is 12.4 Å². The fourth-order valence-corrected chi connectivity index (χ4v) is 19.8. The molecule has 17 aromatic carbocycles. The number of para-hydroxylation sites is 1. The molecule has 0 aliphatic carbocycles. The average molecular weight is 1770 g/mol. The molecule has 4 heterocycles. The van der Waals surface area contributed by atoms with Crippen LogP contribution in [0.1, 0.15) is 72.3 Å². The number of halogens is 6. The number of rotatable bonds is 15. The number of nitrogens with zero attached hydrogens (tertiary/aromatic N) is 8. The van der Waals surface area contributed by atoms with Crippen LogP contribution in [-0.2, 0) is 12.4 Å². The first-order valence-corrected chi connectivity index (χ1v) is 45.2. The molecule has 0 saturated carbocycles. The molecule has 0 amide bonds. The molecule has 21 rings (SSSR count). The van der Waals surface area contributed by atoms with Crippen LogP contribution in [0.3, 0.4) is 0 Å². The van der Waals surface area contributed by atoms with E-state index < -0.39 is 23.5 Å². The van der Waals surface area contributed by atoms with Gasteiger partial charge in [0.1, 0.15) is 0 Å². The van der Waals surface area contributed by atoms with Crippen LogP contribution in [-0.4, -0.2) is 39.0 Å². The lowest BCUT2D eigenvalue weighted by Crippen LogP contribution is -2.05. The maximum absolute atomic E-state index is 14.4. The zero-order valence-corrected chi connectivity index (χ0v) is 76.4. The Hall–Kier alpha value is -16.1. The third-order valence-electron chi connectivity index (χ3n) is 25.7. The third-order valence-corrected chi connectivity index (χ3v) is 25.7. The van der Waals surface area contributed by atoms with Gasteiger partial charge in [-0.2, -0.15) is 26.3 Å². The lowest BCUT2D eigenvalue weighted by molar-refractivity contribution is -0.138. The lowest BCUT2D eigenvalue weighted by Gasteiger charge is -2.22. The molecule has 4 aromatic heterocycles. The second-order valence-electron chi connectivity index (χ2n) is 35.5. The Labute approximate surface area is 780 Å². The van der Waals surface area contributed by atoms with E-state index in [0.717, 1.165) is 145 Å². The number of alkyl halides is 6. The van der Waals surface area contributed by atoms with Crippen molar-refractivity contribution in [2.24, 2.45) is 0 Å². The van der Waals surface area contributed by atoms with E-state index in [-0.39, 0.29) is 0 Å². The molecule has 0 unspecified atom stereocenters. The Morgan fingerprint density at radius 2 is 0.407 bits per heavy atom. The Balaban J connectivity index is 0.000000169. The second kappa shape index (κ2) is 35.2. The van der Waals surface area contributed by atoms with Crippen LogP contribution in [0.2, 0.25) is 0 Å². The first kappa shape index (κ1) is 87.0. The number of fused-ring (bicyclic) bond motifs is 6. The summed E-state index contributed by atoms with van der Waals surface area (Å²) in [6.45, 7) is 23.5. The monoisotopic (exact) mass is 1770 g/mol. The smallest absolute Gasteiger partial charge is 0.308 e. The van der Waals surface area contributed by atoms with Crippen LogP contribution in [0, 0.1) is 76.2 Å². The van der Waals surface area contributed by atoms with E-state index in [4.69, 9.17) is 29.9 Å². The van der Waals surface area contributed by atoms with Crippen molar-refractivity contribution in [3.63, 3.8) is 0 Å². The highest BCUT2D eigenvalue weighted by molar-refractivity contribution is 6.15. The molecule has 658 valence electrons. The number of hydrogen-bond acceptors (Lipinski definition) is 6. The van der Waals surface area contributed by atoms with Crippen molar-refractivity contribution >= 4 is 43.6 Å². The summed E-state index contributed by atoms with van der Waals surface area (Å²) in [6.07, 6.45) is -9.02. The van der Waals surface area contributed by atoms with Crippen LogP contribution < -0.4 is 0 Å². The van der Waals surface area contributed by atoms with Gasteiger partial charge in [0.15, 0.2) is 34.9 Å². The highest BCUT2D eigenvalue weighted by Gasteiger charge is 2.34. The summed E-state index contributed by atoms with van der Waals surface area (Å²) in [5.41, 5.74) is 35.0. The van der Waals surface area contributed by atoms with E-state index in [1.165, 1.54) is 78.9 Å². The van der Waals surface area contributed by atoms with Crippen LogP contribution in [0.25, 0.3) is 201 Å². The fraction of sp³-hybridized carbons (Fsp3) is 0.107. The largest absolute Gasteiger partial charge is 0.416 e. The van der Waals surface area contributed by atoms with E-state index in [9.17, 15) is 26.3 Å². The van der Waals surface area contributed by atoms with Gasteiger partial charge in [0.25, 0.3) is 0 Å². The number of hydrogen-bond donors (Lipinski definition) is 0. The predicted octanol–water partition coefficient (Wildman–Crippen LogP) is 33.0. The van der Waals surface area contributed by atoms with Gasteiger partial charge in [-0.3, -0.25) is 0 Å². The first-order chi connectivity index (χ1) is 65.2. The molecule has 0 fully saturated rings. The fourth-order valence-electron chi connectivity index (χ4n) is 19.8. The Morgan fingerprint density at radius 3 is 0.674 bits per heavy atom. The summed E-state index contributed by atoms with van der Waals surface area (Å²) < 4.78 is 90.0. The van der Waals surface area contributed by atoms with Gasteiger partial charge in [0.05, 0.1) is 44.6 Å². The molecule has 0 spiro atoms. The summed E-state index contributed by atoms with van der Waals surface area (Å²) in [5.74, 6) is 2.89. The molecule has 0 bridgehead atoms. The van der Waals surface area contributed by atoms with Crippen LogP contribution in [0.15, 0.2) is 358 Å². The molecule has 14 heteroatoms. The zero-order chi connectivity index (χ0) is 93.4. The molecule has 0 aliphatic heterocycles. The van der Waals surface area contributed by atoms with Crippen LogP contribution >= 0.6 is 0 Å². The van der Waals surface area contributed by atoms with Gasteiger partial charge in [-0.15, -0.1) is 0 Å². The van der Waals surface area contributed by atoms with E-state index in [2.05, 4.69) is 255 Å². The lowest BCUT2D eigenvalue weighted by atomic mass is 9.91. The van der Waals surface area contributed by atoms with Crippen LogP contribution in [0.5, 0.6) is 0 Å². The van der Waals surface area contributed by atoms with Crippen molar-refractivity contribution in [3.05, 3.63) is 430 Å². The van der Waals surface area contributed by atoms with Gasteiger partial charge in [-0.05, 0) is 256 Å². The Morgan fingerprint density at radius 1 is 0.185 bits per heavy atom. The van der Waals surface area contributed by atoms with Crippen molar-refractivity contribution in [3.8, 4) is 158 Å². The molecular weight excluding hydrogens is 1680 g/mol. The molecule has 21 aromatic rings. The van der Waals surface area contributed by atoms with Gasteiger partial charge in [0, 0.05) is 77.2 Å². The maximum atomic E-state index is 14.4. The van der Waals surface area contributed by atoms with E-state index in [0.29, 0.717) is 62.8 Å². The summed E-state index contributed by atoms with van der Waals surface area (Å²) in [5, 5.41) is 4.24. The minimum Gasteiger partial charge on any atom is -0.308 e. The average Bonchev–Trinajstić information content (AvgIpc) is 1.57. The molecule has 0 aliphatic rings. The number of aromatic nitrogens is 8. The topological polar surface area (TPSA) is 87.2 Å². The molecule has 0 N–H and O–H groups in total. The van der Waals surface area contributed by atoms with Gasteiger partial charge < -0.3 is 9.13 Å². The zero-order valence-electron chi connectivity index (χ0n) is 76.4. The molecule has 8 nitrogen and oxygen atoms in total. The van der Waals surface area contributed by atoms with E-state index >= 15 is 0 Å². The highest BCUT2D eigenvalue weighted by Crippen LogP contribution is 2.50. The van der Waals surface area contributed by atoms with Crippen molar-refractivity contribution in [1.29, 1.82) is 0 Å². The number of aryl methyl sites for hydroxylation is 11. The minimum absolute atomic E-state index is 0.431. The summed E-state index contributed by atoms with van der Waals surface area (Å²) in [6, 6.07) is 117. The standard InChI is InChI=1S/C65H51F3N4.C56H41F3N4/c1-38-18-20-45(21-19-38)53-36-51(64-70-62(47-14-10-8-11-15-47)69-63(71-64)48-16-12-9-13-17-48)37-54(46-22-26-52(27-23-46)65(66,67)68)61(53)72-57-28-24-49(59-41(4)30-39(2)31-42(59)5)34-55(57)56-35-50(25-29-58(56)72)60-43(6)32-40(3)33-44(60)7;1-34-19-21-38(22-20-34)46-32-43(55-61-53(40-13-7-5-8-14-40)60-54(62-55)41-15-9-6-10-16-41)33-47(39-23-26-44(27-24-39)56(57,58)59)52(46)63-49-18-12-11-17-45(49)48-31-42(25-28-50(48)63)51-36(3)29-35(2)30-37(51)4/h8-37H,1-7H3;5-33H,1-4H3. The molecular formula is C121H92F6N8. The van der Waals surface area contributed by atoms with Gasteiger partial charge in [0.2, 0.25) is 0 Å². The second-order valence-corrected chi connectivity index (χ2v) is 35.5. The van der Waals surface area contributed by atoms with Crippen molar-refractivity contribution < 1.29 is 26.3 Å². The minimum atomic E-state index is -4.52. The van der Waals surface area contributed by atoms with Crippen LogP contribution in [0.4, 0.5) is 26.3 Å². The Bertz CT molecular complexity index is 7890. The predicted molar refractivity (Wildman–Crippen MR) is 541 cm³/mol. The van der Waals surface area contributed by atoms with Crippen molar-refractivity contribution in [1.82, 2.24) is 39.0 Å². The van der Waals surface area contributed by atoms with Crippen molar-refractivity contribution in [2.45, 2.75) is 88.5 Å². The van der Waals surface area contributed by atoms with E-state index in [1.807, 2.05) is 140 Å². The highest BCUT2D eigenvalue weighted by atomic mass is 19.4. The molecule has 0 radical (unpaired) electrons. The van der Waals surface area contributed by atoms with Crippen molar-refractivity contribution in [2.75, 3.05) is 0 Å². The molecule has 0 saturated heterocycles. The van der Waals surface area contributed by atoms with E-state index in [1.54, 1.807) is 24.3 Å². The molecule has 135 heavy (non-hydrogen) atoms. The first-order valence-electron chi connectivity index (χ1n) is 45.2. The normalized spacial score (nSPS) is 11.7. The SMILES string of the molecule is Cc1ccc(-c2cc(-c3nc(-c4ccccc4)nc(-c4ccccc4)n3)cc(-c3ccc(C(F)(F)F)cc3)c2-n2c3ccc(-c4c(C)cc(C)cc4C)cc3c3cc(-c4c(C)cc(C)cc4C)ccc32)cc1.Cc1ccc(-c2cc(-c3nc(-c4ccccc4)nc(-c4ccccc4)n3)cc(-c3ccc(C(F)(F)F)cc3)c2-n2c3ccccc3c3cc(-c4c(C)cc(C)cc4C)ccc32)cc1.